The van der Waals surface area contributed by atoms with Crippen LogP contribution in [0.4, 0.5) is 0 Å². The summed E-state index contributed by atoms with van der Waals surface area (Å²) in [7, 11) is -1.27. The molecular formula is C19H36OSi. The van der Waals surface area contributed by atoms with Crippen molar-refractivity contribution in [2.75, 3.05) is 0 Å². The van der Waals surface area contributed by atoms with Gasteiger partial charge in [0.15, 0.2) is 0 Å². The Morgan fingerprint density at radius 3 is 2.19 bits per heavy atom. The molecule has 1 saturated carbocycles. The monoisotopic (exact) mass is 308 g/mol. The molecule has 0 amide bonds. The molecule has 0 aromatic rings. The normalized spacial score (nSPS) is 21.4. The molecule has 0 spiro atoms. The van der Waals surface area contributed by atoms with Crippen LogP contribution in [0.25, 0.3) is 0 Å². The highest BCUT2D eigenvalue weighted by Crippen LogP contribution is 2.51. The van der Waals surface area contributed by atoms with Gasteiger partial charge in [0, 0.05) is 13.5 Å². The molecule has 1 rings (SSSR count). The van der Waals surface area contributed by atoms with Crippen molar-refractivity contribution in [3.8, 4) is 0 Å². The highest BCUT2D eigenvalue weighted by atomic mass is 28.3. The molecular weight excluding hydrogens is 272 g/mol. The molecule has 1 aliphatic carbocycles. The maximum atomic E-state index is 11.4. The predicted molar refractivity (Wildman–Crippen MR) is 97.5 cm³/mol. The summed E-state index contributed by atoms with van der Waals surface area (Å²) in [6.07, 6.45) is 12.1. The Balaban J connectivity index is 3.05. The molecule has 122 valence electrons. The Bertz CT molecular complexity index is 368. The molecule has 0 aromatic heterocycles. The van der Waals surface area contributed by atoms with E-state index in [1.165, 1.54) is 24.8 Å². The molecule has 0 bridgehead atoms. The zero-order valence-corrected chi connectivity index (χ0v) is 16.0. The number of allylic oxidation sites excluding steroid dienone is 2. The van der Waals surface area contributed by atoms with Crippen LogP contribution in [0, 0.1) is 5.41 Å². The molecule has 2 heteroatoms. The molecule has 0 aliphatic heterocycles. The van der Waals surface area contributed by atoms with E-state index in [0.29, 0.717) is 0 Å². The molecule has 0 aromatic carbocycles. The van der Waals surface area contributed by atoms with Crippen LogP contribution >= 0.6 is 0 Å². The average Bonchev–Trinajstić information content (AvgIpc) is 2.36. The van der Waals surface area contributed by atoms with Gasteiger partial charge in [-0.2, -0.15) is 0 Å². The lowest BCUT2D eigenvalue weighted by Crippen LogP contribution is -2.51. The van der Waals surface area contributed by atoms with E-state index in [4.69, 9.17) is 0 Å². The third-order valence-electron chi connectivity index (χ3n) is 4.99. The fraction of sp³-hybridized carbons (Fsp3) is 0.789. The van der Waals surface area contributed by atoms with Crippen LogP contribution < -0.4 is 0 Å². The topological polar surface area (TPSA) is 20.2 Å². The van der Waals surface area contributed by atoms with Gasteiger partial charge in [0.25, 0.3) is 0 Å². The zero-order valence-electron chi connectivity index (χ0n) is 15.0. The van der Waals surface area contributed by atoms with E-state index in [9.17, 15) is 5.11 Å². The Morgan fingerprint density at radius 1 is 1.19 bits per heavy atom. The lowest BCUT2D eigenvalue weighted by Gasteiger charge is -2.50. The van der Waals surface area contributed by atoms with Crippen LogP contribution in [0.2, 0.25) is 25.7 Å². The molecule has 0 heterocycles. The van der Waals surface area contributed by atoms with Crippen LogP contribution in [0.3, 0.4) is 0 Å². The quantitative estimate of drug-likeness (QED) is 0.456. The second-order valence-corrected chi connectivity index (χ2v) is 14.0. The summed E-state index contributed by atoms with van der Waals surface area (Å²) in [6.45, 7) is 15.7. The Morgan fingerprint density at radius 2 is 1.76 bits per heavy atom. The van der Waals surface area contributed by atoms with Crippen LogP contribution in [0.15, 0.2) is 24.3 Å². The molecule has 1 nitrogen and oxygen atoms in total. The lowest BCUT2D eigenvalue weighted by atomic mass is 9.64. The van der Waals surface area contributed by atoms with Gasteiger partial charge in [-0.1, -0.05) is 56.6 Å². The minimum Gasteiger partial charge on any atom is -0.389 e. The van der Waals surface area contributed by atoms with E-state index < -0.39 is 13.7 Å². The molecule has 1 atom stereocenters. The van der Waals surface area contributed by atoms with Crippen LogP contribution in [-0.2, 0) is 0 Å². The van der Waals surface area contributed by atoms with E-state index in [1.807, 2.05) is 0 Å². The van der Waals surface area contributed by atoms with Crippen molar-refractivity contribution in [1.82, 2.24) is 0 Å². The highest BCUT2D eigenvalue weighted by Gasteiger charge is 2.49. The smallest absolute Gasteiger partial charge is 0.0735 e. The van der Waals surface area contributed by atoms with Crippen molar-refractivity contribution in [2.45, 2.75) is 90.1 Å². The SMILES string of the molecule is C=CC(CCC=C(C)C)(C[Si](C)(C)C)C1(O)CCCCC1. The Hall–Kier alpha value is -0.343. The average molecular weight is 309 g/mol. The molecule has 0 radical (unpaired) electrons. The van der Waals surface area contributed by atoms with Crippen molar-refractivity contribution in [1.29, 1.82) is 0 Å². The molecule has 1 fully saturated rings. The second kappa shape index (κ2) is 7.28. The van der Waals surface area contributed by atoms with E-state index in [0.717, 1.165) is 31.7 Å². The van der Waals surface area contributed by atoms with E-state index in [2.05, 4.69) is 52.2 Å². The molecule has 0 saturated heterocycles. The number of hydrogen-bond acceptors (Lipinski definition) is 1. The molecule has 1 unspecified atom stereocenters. The Kier molecular flexibility index (Phi) is 6.48. The first kappa shape index (κ1) is 18.7. The van der Waals surface area contributed by atoms with E-state index in [-0.39, 0.29) is 5.41 Å². The van der Waals surface area contributed by atoms with E-state index >= 15 is 0 Å². The fourth-order valence-corrected chi connectivity index (χ4v) is 6.59. The first-order valence-electron chi connectivity index (χ1n) is 8.64. The van der Waals surface area contributed by atoms with Crippen LogP contribution in [0.5, 0.6) is 0 Å². The van der Waals surface area contributed by atoms with Crippen molar-refractivity contribution < 1.29 is 5.11 Å². The largest absolute Gasteiger partial charge is 0.389 e. The number of hydrogen-bond donors (Lipinski definition) is 1. The summed E-state index contributed by atoms with van der Waals surface area (Å²) in [5, 5.41) is 11.4. The maximum absolute atomic E-state index is 11.4. The maximum Gasteiger partial charge on any atom is 0.0735 e. The van der Waals surface area contributed by atoms with Gasteiger partial charge >= 0.3 is 0 Å². The van der Waals surface area contributed by atoms with E-state index in [1.54, 1.807) is 0 Å². The number of rotatable bonds is 7. The molecule has 21 heavy (non-hydrogen) atoms. The zero-order chi connectivity index (χ0) is 16.1. The second-order valence-electron chi connectivity index (χ2n) is 8.51. The Labute approximate surface area is 133 Å². The lowest BCUT2D eigenvalue weighted by molar-refractivity contribution is -0.0820. The van der Waals surface area contributed by atoms with Gasteiger partial charge in [-0.3, -0.25) is 0 Å². The van der Waals surface area contributed by atoms with Gasteiger partial charge in [0.05, 0.1) is 5.60 Å². The summed E-state index contributed by atoms with van der Waals surface area (Å²) in [5.74, 6) is 0. The summed E-state index contributed by atoms with van der Waals surface area (Å²) in [6, 6.07) is 1.15. The summed E-state index contributed by atoms with van der Waals surface area (Å²) in [5.41, 5.74) is 0.753. The summed E-state index contributed by atoms with van der Waals surface area (Å²) in [4.78, 5) is 0. The van der Waals surface area contributed by atoms with Gasteiger partial charge in [0.1, 0.15) is 0 Å². The third kappa shape index (κ3) is 5.10. The van der Waals surface area contributed by atoms with Gasteiger partial charge in [-0.15, -0.1) is 6.58 Å². The third-order valence-corrected chi connectivity index (χ3v) is 6.68. The van der Waals surface area contributed by atoms with Crippen LogP contribution in [0.1, 0.15) is 58.8 Å². The van der Waals surface area contributed by atoms with Gasteiger partial charge in [0.2, 0.25) is 0 Å². The summed E-state index contributed by atoms with van der Waals surface area (Å²) >= 11 is 0. The fourth-order valence-electron chi connectivity index (χ4n) is 4.05. The van der Waals surface area contributed by atoms with Gasteiger partial charge in [-0.25, -0.2) is 0 Å². The highest BCUT2D eigenvalue weighted by molar-refractivity contribution is 6.76. The van der Waals surface area contributed by atoms with Crippen LogP contribution in [-0.4, -0.2) is 18.8 Å². The number of aliphatic hydroxyl groups is 1. The van der Waals surface area contributed by atoms with Gasteiger partial charge < -0.3 is 5.11 Å². The first-order valence-corrected chi connectivity index (χ1v) is 12.3. The first-order chi connectivity index (χ1) is 9.64. The molecule has 1 aliphatic rings. The molecule has 1 N–H and O–H groups in total. The standard InChI is InChI=1S/C19H36OSi/c1-7-18(16-21(4,5)6,13-11-12-17(2)3)19(20)14-9-8-10-15-19/h7,12,20H,1,8-11,13-16H2,2-6H3. The van der Waals surface area contributed by atoms with Crippen molar-refractivity contribution in [3.05, 3.63) is 24.3 Å². The van der Waals surface area contributed by atoms with Crippen molar-refractivity contribution in [2.24, 2.45) is 5.41 Å². The minimum atomic E-state index is -1.27. The predicted octanol–water partition coefficient (Wildman–Crippen LogP) is 5.94. The van der Waals surface area contributed by atoms with Crippen molar-refractivity contribution in [3.63, 3.8) is 0 Å². The van der Waals surface area contributed by atoms with Crippen molar-refractivity contribution >= 4 is 8.07 Å². The summed E-state index contributed by atoms with van der Waals surface area (Å²) < 4.78 is 0. The van der Waals surface area contributed by atoms with Gasteiger partial charge in [-0.05, 0) is 45.6 Å². The minimum absolute atomic E-state index is 0.0934.